The van der Waals surface area contributed by atoms with Crippen molar-refractivity contribution < 1.29 is 9.59 Å². The molecule has 2 amide bonds. The fourth-order valence-electron chi connectivity index (χ4n) is 1.26. The number of nitrogens with one attached hydrogen (secondary N) is 2. The molecule has 0 bridgehead atoms. The molecule has 0 aliphatic heterocycles. The minimum Gasteiger partial charge on any atom is -0.366 e. The number of benzene rings is 1. The summed E-state index contributed by atoms with van der Waals surface area (Å²) in [5, 5.41) is 5.78. The number of halogens is 1. The number of rotatable bonds is 6. The fraction of sp³-hybridized carbons (Fsp3) is 0.167. The molecule has 18 heavy (non-hydrogen) atoms. The molecule has 0 radical (unpaired) electrons. The highest BCUT2D eigenvalue weighted by Gasteiger charge is 2.08. The largest absolute Gasteiger partial charge is 0.366 e. The van der Waals surface area contributed by atoms with Gasteiger partial charge in [0.25, 0.3) is 0 Å². The van der Waals surface area contributed by atoms with E-state index in [2.05, 4.69) is 17.2 Å². The van der Waals surface area contributed by atoms with Crippen molar-refractivity contribution in [1.82, 2.24) is 5.32 Å². The summed E-state index contributed by atoms with van der Waals surface area (Å²) >= 11 is 5.90. The molecule has 0 spiro atoms. The van der Waals surface area contributed by atoms with Crippen LogP contribution in [0.15, 0.2) is 30.9 Å². The van der Waals surface area contributed by atoms with Crippen molar-refractivity contribution in [2.24, 2.45) is 5.73 Å². The summed E-state index contributed by atoms with van der Waals surface area (Å²) < 4.78 is 0. The highest BCUT2D eigenvalue weighted by Crippen LogP contribution is 2.22. The number of hydrogen-bond acceptors (Lipinski definition) is 3. The summed E-state index contributed by atoms with van der Waals surface area (Å²) in [6.07, 6.45) is 1.65. The third-order valence-corrected chi connectivity index (χ3v) is 2.43. The van der Waals surface area contributed by atoms with Gasteiger partial charge in [-0.25, -0.2) is 0 Å². The lowest BCUT2D eigenvalue weighted by molar-refractivity contribution is -0.115. The van der Waals surface area contributed by atoms with Crippen LogP contribution in [0.5, 0.6) is 0 Å². The van der Waals surface area contributed by atoms with E-state index in [9.17, 15) is 9.59 Å². The number of carbonyl (C=O) groups is 2. The highest BCUT2D eigenvalue weighted by molar-refractivity contribution is 6.33. The number of anilines is 1. The Morgan fingerprint density at radius 2 is 2.17 bits per heavy atom. The van der Waals surface area contributed by atoms with Crippen LogP contribution in [-0.2, 0) is 4.79 Å². The number of nitrogens with two attached hydrogens (primary N) is 1. The molecule has 0 fully saturated rings. The lowest BCUT2D eigenvalue weighted by atomic mass is 10.2. The van der Waals surface area contributed by atoms with Crippen LogP contribution in [0.25, 0.3) is 0 Å². The first-order chi connectivity index (χ1) is 8.54. The van der Waals surface area contributed by atoms with Crippen molar-refractivity contribution in [2.75, 3.05) is 18.4 Å². The fourth-order valence-corrected chi connectivity index (χ4v) is 1.42. The van der Waals surface area contributed by atoms with Crippen molar-refractivity contribution in [2.45, 2.75) is 0 Å². The Kier molecular flexibility index (Phi) is 5.35. The number of hydrogen-bond donors (Lipinski definition) is 3. The van der Waals surface area contributed by atoms with E-state index in [0.29, 0.717) is 17.3 Å². The number of carbonyl (C=O) groups excluding carboxylic acids is 2. The van der Waals surface area contributed by atoms with Crippen LogP contribution in [0.1, 0.15) is 10.4 Å². The van der Waals surface area contributed by atoms with Gasteiger partial charge in [-0.15, -0.1) is 6.58 Å². The third-order valence-electron chi connectivity index (χ3n) is 2.10. The summed E-state index contributed by atoms with van der Waals surface area (Å²) in [5.74, 6) is -0.840. The predicted molar refractivity (Wildman–Crippen MR) is 71.7 cm³/mol. The summed E-state index contributed by atoms with van der Waals surface area (Å²) in [6.45, 7) is 4.18. The molecule has 0 heterocycles. The van der Waals surface area contributed by atoms with E-state index in [1.165, 1.54) is 18.2 Å². The standard InChI is InChI=1S/C12H14ClN3O2/c1-2-5-15-7-11(17)16-10-6-8(12(14)18)3-4-9(10)13/h2-4,6,15H,1,5,7H2,(H2,14,18)(H,16,17). The molecule has 0 atom stereocenters. The monoisotopic (exact) mass is 267 g/mol. The first-order valence-electron chi connectivity index (χ1n) is 5.25. The Hall–Kier alpha value is -1.85. The molecule has 4 N–H and O–H groups in total. The van der Waals surface area contributed by atoms with Gasteiger partial charge in [-0.1, -0.05) is 17.7 Å². The third kappa shape index (κ3) is 4.20. The lowest BCUT2D eigenvalue weighted by Crippen LogP contribution is -2.28. The molecule has 1 rings (SSSR count). The molecule has 0 aliphatic carbocycles. The maximum absolute atomic E-state index is 11.5. The van der Waals surface area contributed by atoms with Crippen LogP contribution in [0.3, 0.4) is 0 Å². The summed E-state index contributed by atoms with van der Waals surface area (Å²) in [6, 6.07) is 4.45. The van der Waals surface area contributed by atoms with Gasteiger partial charge >= 0.3 is 0 Å². The van der Waals surface area contributed by atoms with Crippen molar-refractivity contribution in [3.63, 3.8) is 0 Å². The van der Waals surface area contributed by atoms with Gasteiger partial charge < -0.3 is 16.4 Å². The molecular formula is C12H14ClN3O2. The van der Waals surface area contributed by atoms with Crippen LogP contribution in [0.2, 0.25) is 5.02 Å². The Bertz CT molecular complexity index is 474. The zero-order valence-corrected chi connectivity index (χ0v) is 10.5. The SMILES string of the molecule is C=CCNCC(=O)Nc1cc(C(N)=O)ccc1Cl. The Labute approximate surface area is 110 Å². The van der Waals surface area contributed by atoms with Gasteiger partial charge in [0.15, 0.2) is 0 Å². The normalized spacial score (nSPS) is 9.83. The van der Waals surface area contributed by atoms with Crippen molar-refractivity contribution in [3.05, 3.63) is 41.4 Å². The molecule has 6 heteroatoms. The molecule has 0 saturated carbocycles. The summed E-state index contributed by atoms with van der Waals surface area (Å²) in [5.41, 5.74) is 5.79. The van der Waals surface area contributed by atoms with Gasteiger partial charge in [0.2, 0.25) is 11.8 Å². The molecule has 0 saturated heterocycles. The van der Waals surface area contributed by atoms with Gasteiger partial charge in [-0.3, -0.25) is 9.59 Å². The van der Waals surface area contributed by atoms with E-state index in [-0.39, 0.29) is 18.0 Å². The predicted octanol–water partition coefficient (Wildman–Crippen LogP) is 1.15. The molecule has 1 aromatic rings. The van der Waals surface area contributed by atoms with Gasteiger partial charge in [0.1, 0.15) is 0 Å². The molecule has 5 nitrogen and oxygen atoms in total. The zero-order valence-electron chi connectivity index (χ0n) is 9.70. The van der Waals surface area contributed by atoms with Crippen LogP contribution in [0.4, 0.5) is 5.69 Å². The Morgan fingerprint density at radius 3 is 2.78 bits per heavy atom. The zero-order chi connectivity index (χ0) is 13.5. The maximum Gasteiger partial charge on any atom is 0.248 e. The topological polar surface area (TPSA) is 84.2 Å². The van der Waals surface area contributed by atoms with Crippen molar-refractivity contribution >= 4 is 29.1 Å². The molecule has 96 valence electrons. The molecular weight excluding hydrogens is 254 g/mol. The number of amides is 2. The first kappa shape index (κ1) is 14.2. The van der Waals surface area contributed by atoms with E-state index in [1.807, 2.05) is 0 Å². The van der Waals surface area contributed by atoms with E-state index in [1.54, 1.807) is 6.08 Å². The Morgan fingerprint density at radius 1 is 1.44 bits per heavy atom. The highest BCUT2D eigenvalue weighted by atomic mass is 35.5. The summed E-state index contributed by atoms with van der Waals surface area (Å²) in [4.78, 5) is 22.5. The van der Waals surface area contributed by atoms with E-state index >= 15 is 0 Å². The smallest absolute Gasteiger partial charge is 0.248 e. The quantitative estimate of drug-likeness (QED) is 0.534. The molecule has 0 aromatic heterocycles. The lowest BCUT2D eigenvalue weighted by Gasteiger charge is -2.08. The van der Waals surface area contributed by atoms with Crippen molar-refractivity contribution in [3.8, 4) is 0 Å². The second-order valence-corrected chi connectivity index (χ2v) is 3.93. The Balaban J connectivity index is 2.71. The minimum atomic E-state index is -0.577. The average molecular weight is 268 g/mol. The van der Waals surface area contributed by atoms with Crippen LogP contribution in [-0.4, -0.2) is 24.9 Å². The second-order valence-electron chi connectivity index (χ2n) is 3.53. The maximum atomic E-state index is 11.5. The van der Waals surface area contributed by atoms with Crippen molar-refractivity contribution in [1.29, 1.82) is 0 Å². The van der Waals surface area contributed by atoms with Crippen LogP contribution in [0, 0.1) is 0 Å². The molecule has 1 aromatic carbocycles. The van der Waals surface area contributed by atoms with E-state index < -0.39 is 5.91 Å². The number of primary amides is 1. The van der Waals surface area contributed by atoms with E-state index in [0.717, 1.165) is 0 Å². The van der Waals surface area contributed by atoms with E-state index in [4.69, 9.17) is 17.3 Å². The van der Waals surface area contributed by atoms with Crippen LogP contribution < -0.4 is 16.4 Å². The van der Waals surface area contributed by atoms with Gasteiger partial charge in [-0.05, 0) is 18.2 Å². The minimum absolute atomic E-state index is 0.128. The first-order valence-corrected chi connectivity index (χ1v) is 5.63. The molecule has 0 aliphatic rings. The average Bonchev–Trinajstić information content (AvgIpc) is 2.32. The van der Waals surface area contributed by atoms with Gasteiger partial charge in [-0.2, -0.15) is 0 Å². The van der Waals surface area contributed by atoms with Gasteiger partial charge in [0.05, 0.1) is 17.3 Å². The molecule has 0 unspecified atom stereocenters. The summed E-state index contributed by atoms with van der Waals surface area (Å²) in [7, 11) is 0. The second kappa shape index (κ2) is 6.78. The van der Waals surface area contributed by atoms with Crippen LogP contribution >= 0.6 is 11.6 Å². The van der Waals surface area contributed by atoms with Gasteiger partial charge in [0, 0.05) is 12.1 Å².